The van der Waals surface area contributed by atoms with Crippen LogP contribution >= 0.6 is 0 Å². The second-order valence-electron chi connectivity index (χ2n) is 3.45. The summed E-state index contributed by atoms with van der Waals surface area (Å²) in [7, 11) is 1.60. The average molecular weight is 207 g/mol. The third kappa shape index (κ3) is 2.98. The van der Waals surface area contributed by atoms with Gasteiger partial charge in [0.05, 0.1) is 12.8 Å². The number of benzene rings is 1. The van der Waals surface area contributed by atoms with Gasteiger partial charge in [0.15, 0.2) is 0 Å². The molecule has 1 N–H and O–H groups in total. The summed E-state index contributed by atoms with van der Waals surface area (Å²) in [5.74, 6) is 0.740. The number of nitrogens with one attached hydrogen (secondary N) is 1. The average Bonchev–Trinajstić information content (AvgIpc) is 2.21. The Bertz CT molecular complexity index is 347. The first-order valence-corrected chi connectivity index (χ1v) is 5.12. The van der Waals surface area contributed by atoms with E-state index < -0.39 is 0 Å². The summed E-state index contributed by atoms with van der Waals surface area (Å²) in [4.78, 5) is 11.5. The molecule has 15 heavy (non-hydrogen) atoms. The van der Waals surface area contributed by atoms with E-state index in [-0.39, 0.29) is 5.91 Å². The molecule has 0 spiro atoms. The Balaban J connectivity index is 2.87. The molecule has 0 bridgehead atoms. The quantitative estimate of drug-likeness (QED) is 0.824. The van der Waals surface area contributed by atoms with E-state index in [2.05, 4.69) is 5.32 Å². The second-order valence-corrected chi connectivity index (χ2v) is 3.45. The number of amides is 1. The van der Waals surface area contributed by atoms with Crippen LogP contribution in [0.3, 0.4) is 0 Å². The van der Waals surface area contributed by atoms with Crippen LogP contribution in [0.25, 0.3) is 0 Å². The van der Waals surface area contributed by atoms with E-state index in [9.17, 15) is 4.79 Å². The third-order valence-corrected chi connectivity index (χ3v) is 2.20. The zero-order chi connectivity index (χ0) is 11.3. The zero-order valence-corrected chi connectivity index (χ0v) is 9.46. The van der Waals surface area contributed by atoms with Crippen molar-refractivity contribution >= 4 is 11.6 Å². The van der Waals surface area contributed by atoms with E-state index in [0.717, 1.165) is 17.7 Å². The van der Waals surface area contributed by atoms with Crippen LogP contribution in [-0.4, -0.2) is 13.0 Å². The number of para-hydroxylation sites is 1. The Morgan fingerprint density at radius 2 is 2.20 bits per heavy atom. The van der Waals surface area contributed by atoms with Crippen LogP contribution in [0, 0.1) is 6.92 Å². The maximum Gasteiger partial charge on any atom is 0.224 e. The monoisotopic (exact) mass is 207 g/mol. The van der Waals surface area contributed by atoms with Crippen molar-refractivity contribution in [3.05, 3.63) is 23.8 Å². The summed E-state index contributed by atoms with van der Waals surface area (Å²) >= 11 is 0. The molecule has 0 saturated carbocycles. The fourth-order valence-corrected chi connectivity index (χ4v) is 1.40. The van der Waals surface area contributed by atoms with Crippen molar-refractivity contribution in [2.24, 2.45) is 0 Å². The molecule has 0 aliphatic carbocycles. The summed E-state index contributed by atoms with van der Waals surface area (Å²) in [6, 6.07) is 5.70. The number of carbonyl (C=O) groups is 1. The Labute approximate surface area is 90.4 Å². The van der Waals surface area contributed by atoms with E-state index in [4.69, 9.17) is 4.74 Å². The maximum absolute atomic E-state index is 11.5. The summed E-state index contributed by atoms with van der Waals surface area (Å²) in [6.07, 6.45) is 1.39. The van der Waals surface area contributed by atoms with Gasteiger partial charge in [-0.05, 0) is 25.0 Å². The van der Waals surface area contributed by atoms with Gasteiger partial charge >= 0.3 is 0 Å². The minimum Gasteiger partial charge on any atom is -0.495 e. The normalized spacial score (nSPS) is 9.80. The SMILES string of the molecule is CCCC(=O)Nc1c(C)cccc1OC. The number of rotatable bonds is 4. The van der Waals surface area contributed by atoms with Crippen LogP contribution < -0.4 is 10.1 Å². The van der Waals surface area contributed by atoms with Crippen molar-refractivity contribution in [3.8, 4) is 5.75 Å². The first-order valence-electron chi connectivity index (χ1n) is 5.12. The first kappa shape index (κ1) is 11.6. The molecule has 0 fully saturated rings. The lowest BCUT2D eigenvalue weighted by molar-refractivity contribution is -0.116. The summed E-state index contributed by atoms with van der Waals surface area (Å²) in [5.41, 5.74) is 1.79. The van der Waals surface area contributed by atoms with E-state index in [1.807, 2.05) is 32.0 Å². The lowest BCUT2D eigenvalue weighted by atomic mass is 10.1. The molecular weight excluding hydrogens is 190 g/mol. The number of anilines is 1. The highest BCUT2D eigenvalue weighted by Crippen LogP contribution is 2.27. The van der Waals surface area contributed by atoms with Gasteiger partial charge in [-0.25, -0.2) is 0 Å². The Morgan fingerprint density at radius 3 is 2.80 bits per heavy atom. The van der Waals surface area contributed by atoms with E-state index >= 15 is 0 Å². The van der Waals surface area contributed by atoms with Crippen LogP contribution in [0.15, 0.2) is 18.2 Å². The minimum atomic E-state index is 0.0325. The van der Waals surface area contributed by atoms with Crippen LogP contribution in [-0.2, 0) is 4.79 Å². The predicted molar refractivity (Wildman–Crippen MR) is 61.3 cm³/mol. The van der Waals surface area contributed by atoms with Crippen molar-refractivity contribution in [2.75, 3.05) is 12.4 Å². The molecule has 0 radical (unpaired) electrons. The number of hydrogen-bond acceptors (Lipinski definition) is 2. The minimum absolute atomic E-state index is 0.0325. The lowest BCUT2D eigenvalue weighted by Gasteiger charge is -2.12. The number of hydrogen-bond donors (Lipinski definition) is 1. The molecule has 0 aliphatic rings. The van der Waals surface area contributed by atoms with Gasteiger partial charge in [0.2, 0.25) is 5.91 Å². The molecule has 82 valence electrons. The summed E-state index contributed by atoms with van der Waals surface area (Å²) in [5, 5.41) is 2.87. The second kappa shape index (κ2) is 5.39. The molecule has 1 rings (SSSR count). The van der Waals surface area contributed by atoms with Gasteiger partial charge in [0, 0.05) is 6.42 Å². The molecule has 0 atom stereocenters. The molecule has 1 amide bonds. The van der Waals surface area contributed by atoms with Crippen molar-refractivity contribution in [1.29, 1.82) is 0 Å². The zero-order valence-electron chi connectivity index (χ0n) is 9.46. The first-order chi connectivity index (χ1) is 7.19. The number of aryl methyl sites for hydroxylation is 1. The highest BCUT2D eigenvalue weighted by atomic mass is 16.5. The molecule has 0 unspecified atom stereocenters. The number of methoxy groups -OCH3 is 1. The Morgan fingerprint density at radius 1 is 1.47 bits per heavy atom. The van der Waals surface area contributed by atoms with Crippen LogP contribution in [0.2, 0.25) is 0 Å². The fraction of sp³-hybridized carbons (Fsp3) is 0.417. The predicted octanol–water partition coefficient (Wildman–Crippen LogP) is 2.74. The van der Waals surface area contributed by atoms with Crippen LogP contribution in [0.4, 0.5) is 5.69 Å². The standard InChI is InChI=1S/C12H17NO2/c1-4-6-11(14)13-12-9(2)7-5-8-10(12)15-3/h5,7-8H,4,6H2,1-3H3,(H,13,14). The van der Waals surface area contributed by atoms with E-state index in [1.165, 1.54) is 0 Å². The van der Waals surface area contributed by atoms with Gasteiger partial charge in [-0.2, -0.15) is 0 Å². The van der Waals surface area contributed by atoms with Crippen molar-refractivity contribution in [1.82, 2.24) is 0 Å². The van der Waals surface area contributed by atoms with Gasteiger partial charge < -0.3 is 10.1 Å². The van der Waals surface area contributed by atoms with Gasteiger partial charge in [0.1, 0.15) is 5.75 Å². The topological polar surface area (TPSA) is 38.3 Å². The maximum atomic E-state index is 11.5. The fourth-order valence-electron chi connectivity index (χ4n) is 1.40. The van der Waals surface area contributed by atoms with Crippen molar-refractivity contribution in [3.63, 3.8) is 0 Å². The molecule has 3 heteroatoms. The highest BCUT2D eigenvalue weighted by Gasteiger charge is 2.08. The molecular formula is C12H17NO2. The molecule has 0 aromatic heterocycles. The number of carbonyl (C=O) groups excluding carboxylic acids is 1. The molecule has 0 heterocycles. The summed E-state index contributed by atoms with van der Waals surface area (Å²) in [6.45, 7) is 3.93. The Kier molecular flexibility index (Phi) is 4.16. The molecule has 3 nitrogen and oxygen atoms in total. The van der Waals surface area contributed by atoms with Gasteiger partial charge in [-0.15, -0.1) is 0 Å². The number of ether oxygens (including phenoxy) is 1. The van der Waals surface area contributed by atoms with Gasteiger partial charge in [0.25, 0.3) is 0 Å². The molecule has 1 aromatic rings. The summed E-state index contributed by atoms with van der Waals surface area (Å²) < 4.78 is 5.19. The van der Waals surface area contributed by atoms with Crippen LogP contribution in [0.1, 0.15) is 25.3 Å². The van der Waals surface area contributed by atoms with E-state index in [0.29, 0.717) is 12.2 Å². The van der Waals surface area contributed by atoms with E-state index in [1.54, 1.807) is 7.11 Å². The Hall–Kier alpha value is -1.51. The largest absolute Gasteiger partial charge is 0.495 e. The molecule has 0 aliphatic heterocycles. The molecule has 1 aromatic carbocycles. The lowest BCUT2D eigenvalue weighted by Crippen LogP contribution is -2.12. The van der Waals surface area contributed by atoms with Gasteiger partial charge in [-0.3, -0.25) is 4.79 Å². The van der Waals surface area contributed by atoms with Crippen molar-refractivity contribution < 1.29 is 9.53 Å². The third-order valence-electron chi connectivity index (χ3n) is 2.20. The van der Waals surface area contributed by atoms with Gasteiger partial charge in [-0.1, -0.05) is 19.1 Å². The molecule has 0 saturated heterocycles. The van der Waals surface area contributed by atoms with Crippen molar-refractivity contribution in [2.45, 2.75) is 26.7 Å². The smallest absolute Gasteiger partial charge is 0.224 e. The highest BCUT2D eigenvalue weighted by molar-refractivity contribution is 5.93. The van der Waals surface area contributed by atoms with Crippen LogP contribution in [0.5, 0.6) is 5.75 Å².